The van der Waals surface area contributed by atoms with Crippen LogP contribution in [0.3, 0.4) is 0 Å². The average Bonchev–Trinajstić information content (AvgIpc) is 2.99. The molecular weight excluding hydrogens is 564 g/mol. The lowest BCUT2D eigenvalue weighted by Crippen LogP contribution is -2.51. The Morgan fingerprint density at radius 1 is 1.02 bits per heavy atom. The first kappa shape index (κ1) is 33.4. The highest BCUT2D eigenvalue weighted by Gasteiger charge is 2.35. The third kappa shape index (κ3) is 7.75. The summed E-state index contributed by atoms with van der Waals surface area (Å²) in [6.45, 7) is 9.69. The first-order valence-corrected chi connectivity index (χ1v) is 15.7. The van der Waals surface area contributed by atoms with Crippen molar-refractivity contribution in [3.63, 3.8) is 0 Å². The molecule has 3 fully saturated rings. The molecule has 3 heterocycles. The Balaban J connectivity index is 1.42. The minimum atomic E-state index is -0.525. The molecule has 44 heavy (non-hydrogen) atoms. The molecule has 12 heteroatoms. The van der Waals surface area contributed by atoms with Crippen molar-refractivity contribution in [1.29, 1.82) is 0 Å². The van der Waals surface area contributed by atoms with Crippen LogP contribution in [0.2, 0.25) is 0 Å². The fourth-order valence-electron chi connectivity index (χ4n) is 6.64. The molecule has 0 radical (unpaired) electrons. The number of carbonyl (C=O) groups is 4. The molecule has 4 rings (SSSR count). The summed E-state index contributed by atoms with van der Waals surface area (Å²) in [6.07, 6.45) is 5.07. The number of rotatable bonds is 9. The maximum atomic E-state index is 12.7. The summed E-state index contributed by atoms with van der Waals surface area (Å²) in [6, 6.07) is 3.65. The Bertz CT molecular complexity index is 1200. The normalized spacial score (nSPS) is 20.4. The second-order valence-electron chi connectivity index (χ2n) is 13.3. The molecule has 0 aliphatic carbocycles. The van der Waals surface area contributed by atoms with Gasteiger partial charge >= 0.3 is 6.09 Å². The lowest BCUT2D eigenvalue weighted by molar-refractivity contribution is -0.134. The summed E-state index contributed by atoms with van der Waals surface area (Å²) < 4.78 is 11.4. The number of anilines is 3. The SMILES string of the molecule is COc1ccc(N(C)C2CCC(=O)NC2=O)c(N(C)C=O)c1N1CCC(N(C)CC2CCN(C(=O)OC(C)(C)C)CC2)CC1. The van der Waals surface area contributed by atoms with Gasteiger partial charge in [0, 0.05) is 59.3 Å². The Hall–Kier alpha value is -3.54. The topological polar surface area (TPSA) is 115 Å². The van der Waals surface area contributed by atoms with Gasteiger partial charge in [0.15, 0.2) is 0 Å². The molecule has 0 spiro atoms. The van der Waals surface area contributed by atoms with E-state index in [9.17, 15) is 19.2 Å². The van der Waals surface area contributed by atoms with Crippen LogP contribution in [-0.4, -0.2) is 113 Å². The molecule has 3 aliphatic rings. The fraction of sp³-hybridized carbons (Fsp3) is 0.688. The minimum absolute atomic E-state index is 0.223. The van der Waals surface area contributed by atoms with E-state index >= 15 is 0 Å². The highest BCUT2D eigenvalue weighted by atomic mass is 16.6. The summed E-state index contributed by atoms with van der Waals surface area (Å²) in [5.41, 5.74) is 1.74. The molecule has 12 nitrogen and oxygen atoms in total. The lowest BCUT2D eigenvalue weighted by atomic mass is 9.94. The molecule has 1 unspecified atom stereocenters. The molecule has 4 amide bonds. The number of benzene rings is 1. The monoisotopic (exact) mass is 614 g/mol. The predicted octanol–water partition coefficient (Wildman–Crippen LogP) is 3.08. The maximum Gasteiger partial charge on any atom is 0.410 e. The number of methoxy groups -OCH3 is 1. The van der Waals surface area contributed by atoms with Gasteiger partial charge in [0.05, 0.1) is 18.5 Å². The number of ether oxygens (including phenoxy) is 2. The molecule has 1 N–H and O–H groups in total. The fourth-order valence-corrected chi connectivity index (χ4v) is 6.64. The Morgan fingerprint density at radius 3 is 2.25 bits per heavy atom. The van der Waals surface area contributed by atoms with Crippen molar-refractivity contribution in [2.45, 2.75) is 77.0 Å². The van der Waals surface area contributed by atoms with E-state index in [1.165, 1.54) is 4.90 Å². The van der Waals surface area contributed by atoms with Gasteiger partial charge in [0.25, 0.3) is 0 Å². The number of likely N-dealkylation sites (N-methyl/N-ethyl adjacent to an activating group) is 1. The Labute approximate surface area is 261 Å². The van der Waals surface area contributed by atoms with E-state index < -0.39 is 11.6 Å². The maximum absolute atomic E-state index is 12.7. The van der Waals surface area contributed by atoms with Gasteiger partial charge in [-0.3, -0.25) is 19.7 Å². The Kier molecular flexibility index (Phi) is 10.6. The molecule has 0 saturated carbocycles. The smallest absolute Gasteiger partial charge is 0.410 e. The molecule has 3 aliphatic heterocycles. The molecule has 1 atom stereocenters. The number of nitrogens with zero attached hydrogens (tertiary/aromatic N) is 5. The highest BCUT2D eigenvalue weighted by Crippen LogP contribution is 2.46. The van der Waals surface area contributed by atoms with Crippen molar-refractivity contribution in [3.8, 4) is 5.75 Å². The van der Waals surface area contributed by atoms with Crippen molar-refractivity contribution in [1.82, 2.24) is 15.1 Å². The van der Waals surface area contributed by atoms with Crippen molar-refractivity contribution < 1.29 is 28.7 Å². The van der Waals surface area contributed by atoms with Gasteiger partial charge in [0.2, 0.25) is 18.2 Å². The summed E-state index contributed by atoms with van der Waals surface area (Å²) in [5.74, 6) is 0.599. The van der Waals surface area contributed by atoms with E-state index in [0.717, 1.165) is 76.2 Å². The largest absolute Gasteiger partial charge is 0.494 e. The van der Waals surface area contributed by atoms with Crippen LogP contribution in [-0.2, 0) is 19.1 Å². The minimum Gasteiger partial charge on any atom is -0.494 e. The summed E-state index contributed by atoms with van der Waals surface area (Å²) in [5, 5.41) is 2.44. The average molecular weight is 615 g/mol. The zero-order valence-corrected chi connectivity index (χ0v) is 27.4. The van der Waals surface area contributed by atoms with Crippen LogP contribution >= 0.6 is 0 Å². The number of piperidine rings is 3. The quantitative estimate of drug-likeness (QED) is 0.331. The third-order valence-electron chi connectivity index (χ3n) is 9.10. The van der Waals surface area contributed by atoms with Crippen molar-refractivity contribution >= 4 is 41.4 Å². The molecule has 0 aromatic heterocycles. The standard InChI is InChI=1S/C32H50N6O6/c1-32(2,3)44-31(42)38-16-12-22(13-17-38)20-34(4)23-14-18-37(19-15-23)29-26(43-7)10-8-24(28(29)35(5)21-39)36(6)25-9-11-27(40)33-30(25)41/h8,10,21-23,25H,9,11-20H2,1-7H3,(H,33,40,41). The van der Waals surface area contributed by atoms with Gasteiger partial charge in [-0.05, 0) is 78.0 Å². The molecule has 1 aromatic carbocycles. The van der Waals surface area contributed by atoms with E-state index in [4.69, 9.17) is 9.47 Å². The highest BCUT2D eigenvalue weighted by molar-refractivity contribution is 6.03. The predicted molar refractivity (Wildman–Crippen MR) is 170 cm³/mol. The van der Waals surface area contributed by atoms with Gasteiger partial charge < -0.3 is 34.0 Å². The Morgan fingerprint density at radius 2 is 1.68 bits per heavy atom. The summed E-state index contributed by atoms with van der Waals surface area (Å²) >= 11 is 0. The number of imide groups is 1. The van der Waals surface area contributed by atoms with Gasteiger partial charge in [0.1, 0.15) is 23.1 Å². The first-order chi connectivity index (χ1) is 20.8. The number of hydrogen-bond donors (Lipinski definition) is 1. The molecule has 3 saturated heterocycles. The van der Waals surface area contributed by atoms with E-state index in [1.54, 1.807) is 14.2 Å². The lowest BCUT2D eigenvalue weighted by Gasteiger charge is -2.42. The molecule has 244 valence electrons. The summed E-state index contributed by atoms with van der Waals surface area (Å²) in [4.78, 5) is 59.0. The van der Waals surface area contributed by atoms with Crippen LogP contribution in [0.15, 0.2) is 12.1 Å². The summed E-state index contributed by atoms with van der Waals surface area (Å²) in [7, 11) is 7.36. The van der Waals surface area contributed by atoms with Crippen LogP contribution in [0.5, 0.6) is 5.75 Å². The number of nitrogens with one attached hydrogen (secondary N) is 1. The zero-order chi connectivity index (χ0) is 32.2. The van der Waals surface area contributed by atoms with E-state index in [1.807, 2.05) is 49.8 Å². The van der Waals surface area contributed by atoms with E-state index in [0.29, 0.717) is 29.8 Å². The van der Waals surface area contributed by atoms with E-state index in [2.05, 4.69) is 22.2 Å². The number of amides is 4. The molecular formula is C32H50N6O6. The van der Waals surface area contributed by atoms with Gasteiger partial charge in [-0.1, -0.05) is 0 Å². The van der Waals surface area contributed by atoms with E-state index in [-0.39, 0.29) is 24.3 Å². The van der Waals surface area contributed by atoms with Gasteiger partial charge in [-0.2, -0.15) is 0 Å². The van der Waals surface area contributed by atoms with Crippen molar-refractivity contribution in [2.24, 2.45) is 5.92 Å². The number of hydrogen-bond acceptors (Lipinski definition) is 9. The van der Waals surface area contributed by atoms with Crippen molar-refractivity contribution in [3.05, 3.63) is 12.1 Å². The van der Waals surface area contributed by atoms with Crippen LogP contribution in [0.4, 0.5) is 21.9 Å². The number of likely N-dealkylation sites (tertiary alicyclic amines) is 1. The third-order valence-corrected chi connectivity index (χ3v) is 9.10. The molecule has 0 bridgehead atoms. The van der Waals surface area contributed by atoms with Crippen LogP contribution in [0, 0.1) is 5.92 Å². The van der Waals surface area contributed by atoms with Crippen LogP contribution < -0.4 is 24.8 Å². The van der Waals surface area contributed by atoms with Gasteiger partial charge in [-0.25, -0.2) is 4.79 Å². The second-order valence-corrected chi connectivity index (χ2v) is 13.3. The molecule has 1 aromatic rings. The van der Waals surface area contributed by atoms with Gasteiger partial charge in [-0.15, -0.1) is 0 Å². The van der Waals surface area contributed by atoms with Crippen molar-refractivity contribution in [2.75, 3.05) is 75.7 Å². The van der Waals surface area contributed by atoms with Crippen LogP contribution in [0.25, 0.3) is 0 Å². The zero-order valence-electron chi connectivity index (χ0n) is 27.4. The second kappa shape index (κ2) is 14.0. The van der Waals surface area contributed by atoms with Crippen LogP contribution in [0.1, 0.15) is 59.3 Å². The number of carbonyl (C=O) groups excluding carboxylic acids is 4. The first-order valence-electron chi connectivity index (χ1n) is 15.7.